The Morgan fingerprint density at radius 1 is 1.23 bits per heavy atom. The summed E-state index contributed by atoms with van der Waals surface area (Å²) < 4.78 is 13.8. The summed E-state index contributed by atoms with van der Waals surface area (Å²) in [4.78, 5) is 11.3. The number of anilines is 1. The predicted octanol–water partition coefficient (Wildman–Crippen LogP) is 4.28. The molecule has 140 valence electrons. The molecule has 1 fully saturated rings. The lowest BCUT2D eigenvalue weighted by atomic mass is 9.91. The van der Waals surface area contributed by atoms with E-state index in [-0.39, 0.29) is 5.82 Å². The Labute approximate surface area is 155 Å². The normalized spacial score (nSPS) is 18.2. The first-order valence-electron chi connectivity index (χ1n) is 9.63. The van der Waals surface area contributed by atoms with E-state index in [1.807, 2.05) is 24.5 Å². The second kappa shape index (κ2) is 9.08. The maximum atomic E-state index is 13.8. The summed E-state index contributed by atoms with van der Waals surface area (Å²) in [5, 5.41) is 3.21. The summed E-state index contributed by atoms with van der Waals surface area (Å²) in [6.07, 6.45) is 8.14. The fourth-order valence-corrected chi connectivity index (χ4v) is 3.62. The van der Waals surface area contributed by atoms with Crippen molar-refractivity contribution in [3.8, 4) is 0 Å². The molecule has 1 aliphatic rings. The molecular weight excluding hydrogens is 327 g/mol. The number of hydrogen-bond donors (Lipinski definition) is 1. The van der Waals surface area contributed by atoms with Gasteiger partial charge in [-0.3, -0.25) is 4.90 Å². The summed E-state index contributed by atoms with van der Waals surface area (Å²) in [5.41, 5.74) is 1.99. The van der Waals surface area contributed by atoms with E-state index in [1.165, 1.54) is 12.8 Å². The van der Waals surface area contributed by atoms with Crippen LogP contribution in [0.4, 0.5) is 10.3 Å². The first-order valence-corrected chi connectivity index (χ1v) is 9.63. The number of benzene rings is 1. The number of nitrogens with zero attached hydrogens (tertiary/aromatic N) is 3. The van der Waals surface area contributed by atoms with Gasteiger partial charge in [-0.25, -0.2) is 14.4 Å². The Kier molecular flexibility index (Phi) is 6.56. The molecule has 0 unspecified atom stereocenters. The number of piperidine rings is 1. The van der Waals surface area contributed by atoms with Gasteiger partial charge in [0, 0.05) is 37.1 Å². The molecule has 5 heteroatoms. The van der Waals surface area contributed by atoms with Crippen LogP contribution in [0.2, 0.25) is 0 Å². The van der Waals surface area contributed by atoms with E-state index in [4.69, 9.17) is 0 Å². The molecule has 1 aromatic carbocycles. The van der Waals surface area contributed by atoms with E-state index in [0.717, 1.165) is 43.6 Å². The number of aromatic nitrogens is 2. The highest BCUT2D eigenvalue weighted by Gasteiger charge is 2.20. The molecule has 1 aromatic heterocycles. The maximum absolute atomic E-state index is 13.8. The second-order valence-electron chi connectivity index (χ2n) is 7.59. The Balaban J connectivity index is 1.49. The molecule has 0 bridgehead atoms. The van der Waals surface area contributed by atoms with Crippen molar-refractivity contribution < 1.29 is 4.39 Å². The Bertz CT molecular complexity index is 687. The van der Waals surface area contributed by atoms with Gasteiger partial charge in [-0.05, 0) is 63.6 Å². The quantitative estimate of drug-likeness (QED) is 0.804. The van der Waals surface area contributed by atoms with Crippen molar-refractivity contribution in [3.05, 3.63) is 53.6 Å². The average Bonchev–Trinajstić information content (AvgIpc) is 2.63. The Morgan fingerprint density at radius 2 is 2.00 bits per heavy atom. The van der Waals surface area contributed by atoms with Gasteiger partial charge in [0.15, 0.2) is 0 Å². The zero-order valence-corrected chi connectivity index (χ0v) is 15.8. The minimum atomic E-state index is -0.0765. The molecule has 26 heavy (non-hydrogen) atoms. The van der Waals surface area contributed by atoms with Crippen LogP contribution >= 0.6 is 0 Å². The van der Waals surface area contributed by atoms with Crippen LogP contribution in [-0.4, -0.2) is 34.0 Å². The van der Waals surface area contributed by atoms with E-state index in [1.54, 1.807) is 12.1 Å². The van der Waals surface area contributed by atoms with E-state index in [2.05, 4.69) is 34.0 Å². The minimum absolute atomic E-state index is 0.0765. The van der Waals surface area contributed by atoms with Crippen molar-refractivity contribution in [2.45, 2.75) is 52.1 Å². The zero-order valence-electron chi connectivity index (χ0n) is 15.8. The highest BCUT2D eigenvalue weighted by Crippen LogP contribution is 2.23. The summed E-state index contributed by atoms with van der Waals surface area (Å²) >= 11 is 0. The van der Waals surface area contributed by atoms with Crippen LogP contribution < -0.4 is 5.32 Å². The molecule has 3 rings (SSSR count). The fourth-order valence-electron chi connectivity index (χ4n) is 3.62. The third-order valence-electron chi connectivity index (χ3n) is 4.91. The van der Waals surface area contributed by atoms with Gasteiger partial charge in [-0.1, -0.05) is 18.2 Å². The summed E-state index contributed by atoms with van der Waals surface area (Å²) in [6.45, 7) is 7.22. The molecule has 1 N–H and O–H groups in total. The molecule has 1 atom stereocenters. The van der Waals surface area contributed by atoms with Gasteiger partial charge in [-0.15, -0.1) is 0 Å². The van der Waals surface area contributed by atoms with Crippen molar-refractivity contribution >= 4 is 5.95 Å². The monoisotopic (exact) mass is 356 g/mol. The third kappa shape index (κ3) is 5.49. The number of halogens is 1. The van der Waals surface area contributed by atoms with Gasteiger partial charge in [0.1, 0.15) is 5.82 Å². The molecule has 1 aliphatic heterocycles. The topological polar surface area (TPSA) is 41.1 Å². The SMILES string of the molecule is CC(C)Nc1ncc(CN2CCC[C@@H](CCc3ccccc3F)C2)cn1. The van der Waals surface area contributed by atoms with E-state index in [0.29, 0.717) is 17.9 Å². The van der Waals surface area contributed by atoms with Crippen LogP contribution in [0.3, 0.4) is 0 Å². The largest absolute Gasteiger partial charge is 0.352 e. The highest BCUT2D eigenvalue weighted by molar-refractivity contribution is 5.25. The number of likely N-dealkylation sites (tertiary alicyclic amines) is 1. The lowest BCUT2D eigenvalue weighted by Crippen LogP contribution is -2.35. The van der Waals surface area contributed by atoms with Crippen molar-refractivity contribution in [2.24, 2.45) is 5.92 Å². The van der Waals surface area contributed by atoms with Crippen LogP contribution in [0.1, 0.15) is 44.2 Å². The Hall–Kier alpha value is -2.01. The molecule has 0 radical (unpaired) electrons. The standard InChI is InChI=1S/C21H29FN4/c1-16(2)25-21-23-12-18(13-24-21)15-26-11-5-6-17(14-26)9-10-19-7-3-4-8-20(19)22/h3-4,7-8,12-13,16-17H,5-6,9-11,14-15H2,1-2H3,(H,23,24,25)/t17-/m0/s1. The number of rotatable bonds is 7. The molecule has 0 amide bonds. The zero-order chi connectivity index (χ0) is 18.4. The lowest BCUT2D eigenvalue weighted by Gasteiger charge is -2.32. The average molecular weight is 356 g/mol. The summed E-state index contributed by atoms with van der Waals surface area (Å²) in [6, 6.07) is 7.47. The van der Waals surface area contributed by atoms with E-state index >= 15 is 0 Å². The van der Waals surface area contributed by atoms with Crippen LogP contribution in [0.25, 0.3) is 0 Å². The smallest absolute Gasteiger partial charge is 0.222 e. The Morgan fingerprint density at radius 3 is 2.73 bits per heavy atom. The van der Waals surface area contributed by atoms with Gasteiger partial charge >= 0.3 is 0 Å². The maximum Gasteiger partial charge on any atom is 0.222 e. The van der Waals surface area contributed by atoms with Crippen molar-refractivity contribution in [1.29, 1.82) is 0 Å². The fraction of sp³-hybridized carbons (Fsp3) is 0.524. The molecule has 2 aromatic rings. The van der Waals surface area contributed by atoms with Crippen LogP contribution in [-0.2, 0) is 13.0 Å². The number of hydrogen-bond acceptors (Lipinski definition) is 4. The summed E-state index contributed by atoms with van der Waals surface area (Å²) in [5.74, 6) is 1.24. The molecule has 4 nitrogen and oxygen atoms in total. The third-order valence-corrected chi connectivity index (χ3v) is 4.91. The highest BCUT2D eigenvalue weighted by atomic mass is 19.1. The molecule has 0 saturated carbocycles. The van der Waals surface area contributed by atoms with Crippen LogP contribution in [0.5, 0.6) is 0 Å². The van der Waals surface area contributed by atoms with Gasteiger partial charge < -0.3 is 5.32 Å². The number of aryl methyl sites for hydroxylation is 1. The lowest BCUT2D eigenvalue weighted by molar-refractivity contribution is 0.161. The second-order valence-corrected chi connectivity index (χ2v) is 7.59. The first kappa shape index (κ1) is 18.8. The molecule has 0 aliphatic carbocycles. The van der Waals surface area contributed by atoms with E-state index < -0.39 is 0 Å². The van der Waals surface area contributed by atoms with Crippen molar-refractivity contribution in [1.82, 2.24) is 14.9 Å². The van der Waals surface area contributed by atoms with Crippen molar-refractivity contribution in [2.75, 3.05) is 18.4 Å². The molecule has 0 spiro atoms. The number of nitrogens with one attached hydrogen (secondary N) is 1. The molecular formula is C21H29FN4. The molecule has 2 heterocycles. The van der Waals surface area contributed by atoms with Gasteiger partial charge in [0.2, 0.25) is 5.95 Å². The van der Waals surface area contributed by atoms with Crippen LogP contribution in [0, 0.1) is 11.7 Å². The predicted molar refractivity (Wildman–Crippen MR) is 104 cm³/mol. The molecule has 1 saturated heterocycles. The first-order chi connectivity index (χ1) is 12.6. The summed E-state index contributed by atoms with van der Waals surface area (Å²) in [7, 11) is 0. The van der Waals surface area contributed by atoms with E-state index in [9.17, 15) is 4.39 Å². The van der Waals surface area contributed by atoms with Gasteiger partial charge in [0.05, 0.1) is 0 Å². The van der Waals surface area contributed by atoms with Gasteiger partial charge in [-0.2, -0.15) is 0 Å². The van der Waals surface area contributed by atoms with Crippen LogP contribution in [0.15, 0.2) is 36.7 Å². The van der Waals surface area contributed by atoms with Gasteiger partial charge in [0.25, 0.3) is 0 Å². The van der Waals surface area contributed by atoms with Crippen molar-refractivity contribution in [3.63, 3.8) is 0 Å². The minimum Gasteiger partial charge on any atom is -0.352 e.